The average Bonchev–Trinajstić information content (AvgIpc) is 3.26. The number of urea groups is 1. The number of nitrogens with one attached hydrogen (secondary N) is 3. The molecule has 4 amide bonds. The molecule has 2 aromatic carbocycles. The largest absolute Gasteiger partial charge is 0.481 e. The van der Waals surface area contributed by atoms with Crippen LogP contribution in [0.15, 0.2) is 67.0 Å². The van der Waals surface area contributed by atoms with Crippen LogP contribution in [0.2, 0.25) is 0 Å². The Labute approximate surface area is 251 Å². The number of aliphatic carboxylic acids is 1. The Bertz CT molecular complexity index is 1430. The van der Waals surface area contributed by atoms with Gasteiger partial charge < -0.3 is 30.9 Å². The number of hydrogen-bond donors (Lipinski definition) is 4. The number of carbonyl (C=O) groups excluding carboxylic acids is 3. The Morgan fingerprint density at radius 1 is 0.977 bits per heavy atom. The molecule has 1 aliphatic heterocycles. The van der Waals surface area contributed by atoms with Gasteiger partial charge in [0, 0.05) is 50.7 Å². The normalized spacial score (nSPS) is 13.9. The Balaban J connectivity index is 1.56. The van der Waals surface area contributed by atoms with E-state index in [0.717, 1.165) is 17.7 Å². The summed E-state index contributed by atoms with van der Waals surface area (Å²) in [4.78, 5) is 58.6. The van der Waals surface area contributed by atoms with Crippen molar-refractivity contribution in [3.8, 4) is 0 Å². The summed E-state index contributed by atoms with van der Waals surface area (Å²) in [7, 11) is 0. The van der Waals surface area contributed by atoms with Crippen molar-refractivity contribution in [3.63, 3.8) is 0 Å². The van der Waals surface area contributed by atoms with Crippen LogP contribution >= 0.6 is 0 Å². The lowest BCUT2D eigenvalue weighted by Gasteiger charge is -2.27. The van der Waals surface area contributed by atoms with Gasteiger partial charge in [0.1, 0.15) is 0 Å². The lowest BCUT2D eigenvalue weighted by atomic mass is 10.0. The van der Waals surface area contributed by atoms with Crippen LogP contribution in [0, 0.1) is 6.92 Å². The average molecular weight is 587 g/mol. The molecule has 4 rings (SSSR count). The summed E-state index contributed by atoms with van der Waals surface area (Å²) in [6.45, 7) is 6.59. The molecule has 11 nitrogen and oxygen atoms in total. The van der Waals surface area contributed by atoms with Crippen LogP contribution in [0.3, 0.4) is 0 Å². The number of amides is 4. The third kappa shape index (κ3) is 8.54. The fourth-order valence-electron chi connectivity index (χ4n) is 4.96. The third-order valence-electron chi connectivity index (χ3n) is 7.24. The van der Waals surface area contributed by atoms with Gasteiger partial charge in [0.15, 0.2) is 0 Å². The van der Waals surface area contributed by atoms with Gasteiger partial charge in [-0.25, -0.2) is 4.79 Å². The van der Waals surface area contributed by atoms with E-state index in [4.69, 9.17) is 0 Å². The number of aromatic nitrogens is 1. The van der Waals surface area contributed by atoms with Gasteiger partial charge in [-0.05, 0) is 55.7 Å². The van der Waals surface area contributed by atoms with Gasteiger partial charge >= 0.3 is 12.0 Å². The zero-order valence-corrected chi connectivity index (χ0v) is 24.5. The molecule has 0 saturated carbocycles. The van der Waals surface area contributed by atoms with Gasteiger partial charge in [-0.2, -0.15) is 0 Å². The number of carboxylic acid groups (broad SMARTS) is 1. The number of benzene rings is 2. The Hall–Kier alpha value is -4.93. The molecular weight excluding hydrogens is 548 g/mol. The second-order valence-electron chi connectivity index (χ2n) is 10.5. The summed E-state index contributed by atoms with van der Waals surface area (Å²) in [6.07, 6.45) is 4.39. The SMILES string of the molecule is CCCNC(=O)Nc1cc(C(=O)NC(CC(=O)O)c2ccc(C)cc2)ccc1N1CCCN(C(=O)c2cccnc2)CC1. The number of nitrogens with zero attached hydrogens (tertiary/aromatic N) is 3. The first kappa shape index (κ1) is 31.0. The highest BCUT2D eigenvalue weighted by Crippen LogP contribution is 2.29. The van der Waals surface area contributed by atoms with Crippen molar-refractivity contribution < 1.29 is 24.3 Å². The van der Waals surface area contributed by atoms with Crippen LogP contribution < -0.4 is 20.9 Å². The number of aryl methyl sites for hydroxylation is 1. The molecule has 4 N–H and O–H groups in total. The highest BCUT2D eigenvalue weighted by Gasteiger charge is 2.24. The van der Waals surface area contributed by atoms with Crippen LogP contribution in [0.4, 0.5) is 16.2 Å². The van der Waals surface area contributed by atoms with E-state index in [1.54, 1.807) is 59.8 Å². The van der Waals surface area contributed by atoms with E-state index in [1.807, 2.05) is 26.0 Å². The van der Waals surface area contributed by atoms with Gasteiger partial charge in [-0.1, -0.05) is 36.8 Å². The first-order valence-corrected chi connectivity index (χ1v) is 14.5. The molecule has 1 atom stereocenters. The molecule has 0 radical (unpaired) electrons. The predicted molar refractivity (Wildman–Crippen MR) is 164 cm³/mol. The molecule has 0 aliphatic carbocycles. The molecule has 3 aromatic rings. The second kappa shape index (κ2) is 14.8. The van der Waals surface area contributed by atoms with Gasteiger partial charge in [0.2, 0.25) is 0 Å². The molecule has 1 aromatic heterocycles. The van der Waals surface area contributed by atoms with Gasteiger partial charge in [-0.3, -0.25) is 19.4 Å². The van der Waals surface area contributed by atoms with Crippen LogP contribution in [0.5, 0.6) is 0 Å². The zero-order chi connectivity index (χ0) is 30.8. The van der Waals surface area contributed by atoms with Crippen molar-refractivity contribution in [1.29, 1.82) is 0 Å². The maximum absolute atomic E-state index is 13.4. The quantitative estimate of drug-likeness (QED) is 0.278. The number of anilines is 2. The van der Waals surface area contributed by atoms with Gasteiger partial charge in [0.05, 0.1) is 29.4 Å². The second-order valence-corrected chi connectivity index (χ2v) is 10.5. The van der Waals surface area contributed by atoms with Crippen molar-refractivity contribution in [2.75, 3.05) is 42.9 Å². The highest BCUT2D eigenvalue weighted by atomic mass is 16.4. The Morgan fingerprint density at radius 3 is 2.47 bits per heavy atom. The lowest BCUT2D eigenvalue weighted by Crippen LogP contribution is -2.36. The molecule has 1 unspecified atom stereocenters. The van der Waals surface area contributed by atoms with Crippen molar-refractivity contribution in [2.24, 2.45) is 0 Å². The van der Waals surface area contributed by atoms with Crippen LogP contribution in [0.25, 0.3) is 0 Å². The van der Waals surface area contributed by atoms with Crippen molar-refractivity contribution in [2.45, 2.75) is 39.2 Å². The minimum Gasteiger partial charge on any atom is -0.481 e. The molecule has 0 bridgehead atoms. The van der Waals surface area contributed by atoms with Gasteiger partial charge in [0.25, 0.3) is 11.8 Å². The van der Waals surface area contributed by atoms with E-state index in [9.17, 15) is 24.3 Å². The molecule has 2 heterocycles. The van der Waals surface area contributed by atoms with Crippen LogP contribution in [-0.2, 0) is 4.79 Å². The maximum atomic E-state index is 13.4. The molecule has 11 heteroatoms. The molecule has 1 aliphatic rings. The van der Waals surface area contributed by atoms with E-state index in [1.165, 1.54) is 0 Å². The summed E-state index contributed by atoms with van der Waals surface area (Å²) in [6, 6.07) is 14.8. The molecule has 0 spiro atoms. The molecule has 226 valence electrons. The van der Waals surface area contributed by atoms with Crippen molar-refractivity contribution in [1.82, 2.24) is 20.5 Å². The first-order valence-electron chi connectivity index (χ1n) is 14.5. The number of pyridine rings is 1. The number of carbonyl (C=O) groups is 4. The van der Waals surface area contributed by atoms with Crippen LogP contribution in [0.1, 0.15) is 64.1 Å². The smallest absolute Gasteiger partial charge is 0.319 e. The van der Waals surface area contributed by atoms with E-state index in [-0.39, 0.29) is 17.9 Å². The molecule has 43 heavy (non-hydrogen) atoms. The summed E-state index contributed by atoms with van der Waals surface area (Å²) in [5.41, 5.74) is 3.69. The zero-order valence-electron chi connectivity index (χ0n) is 24.5. The topological polar surface area (TPSA) is 144 Å². The maximum Gasteiger partial charge on any atom is 0.319 e. The Kier molecular flexibility index (Phi) is 10.7. The van der Waals surface area contributed by atoms with Crippen molar-refractivity contribution >= 4 is 35.2 Å². The van der Waals surface area contributed by atoms with E-state index >= 15 is 0 Å². The molecular formula is C32H38N6O5. The minimum absolute atomic E-state index is 0.0799. The predicted octanol–water partition coefficient (Wildman–Crippen LogP) is 4.22. The van der Waals surface area contributed by atoms with Crippen molar-refractivity contribution in [3.05, 3.63) is 89.2 Å². The standard InChI is InChI=1S/C32H38N6O5/c1-3-13-34-32(43)36-27-19-24(30(41)35-26(20-29(39)40)23-9-7-22(2)8-10-23)11-12-28(27)37-15-5-16-38(18-17-37)31(42)25-6-4-14-33-21-25/h4,6-12,14,19,21,26H,3,5,13,15-18,20H2,1-2H3,(H,35,41)(H,39,40)(H2,34,36,43). The number of carboxylic acids is 1. The minimum atomic E-state index is -1.03. The number of hydrogen-bond acceptors (Lipinski definition) is 6. The fourth-order valence-corrected chi connectivity index (χ4v) is 4.96. The fraction of sp³-hybridized carbons (Fsp3) is 0.344. The summed E-state index contributed by atoms with van der Waals surface area (Å²) in [5, 5.41) is 18.0. The van der Waals surface area contributed by atoms with E-state index < -0.39 is 23.9 Å². The highest BCUT2D eigenvalue weighted by molar-refractivity contribution is 6.00. The monoisotopic (exact) mass is 586 g/mol. The Morgan fingerprint density at radius 2 is 1.77 bits per heavy atom. The van der Waals surface area contributed by atoms with E-state index in [0.29, 0.717) is 56.0 Å². The third-order valence-corrected chi connectivity index (χ3v) is 7.24. The lowest BCUT2D eigenvalue weighted by molar-refractivity contribution is -0.137. The summed E-state index contributed by atoms with van der Waals surface area (Å²) < 4.78 is 0. The molecule has 1 saturated heterocycles. The van der Waals surface area contributed by atoms with Gasteiger partial charge in [-0.15, -0.1) is 0 Å². The first-order chi connectivity index (χ1) is 20.7. The summed E-state index contributed by atoms with van der Waals surface area (Å²) in [5.74, 6) is -1.57. The molecule has 1 fully saturated rings. The number of rotatable bonds is 10. The van der Waals surface area contributed by atoms with Crippen LogP contribution in [-0.4, -0.2) is 71.5 Å². The summed E-state index contributed by atoms with van der Waals surface area (Å²) >= 11 is 0. The van der Waals surface area contributed by atoms with E-state index in [2.05, 4.69) is 25.8 Å².